The summed E-state index contributed by atoms with van der Waals surface area (Å²) in [5.74, 6) is 0.763. The van der Waals surface area contributed by atoms with Crippen molar-refractivity contribution in [2.24, 2.45) is 0 Å². The number of benzene rings is 2. The van der Waals surface area contributed by atoms with E-state index in [2.05, 4.69) is 21.5 Å². The molecule has 0 unspecified atom stereocenters. The van der Waals surface area contributed by atoms with Crippen LogP contribution in [0.3, 0.4) is 0 Å². The Kier molecular flexibility index (Phi) is 4.00. The van der Waals surface area contributed by atoms with Gasteiger partial charge in [-0.2, -0.15) is 5.10 Å². The minimum atomic E-state index is -0.176. The minimum absolute atomic E-state index is 0.176. The number of aromatic nitrogens is 3. The van der Waals surface area contributed by atoms with E-state index in [0.29, 0.717) is 0 Å². The van der Waals surface area contributed by atoms with Crippen LogP contribution in [0, 0.1) is 0 Å². The number of hydrogen-bond donors (Lipinski definition) is 1. The summed E-state index contributed by atoms with van der Waals surface area (Å²) < 4.78 is 7.14. The molecule has 0 aliphatic carbocycles. The fourth-order valence-electron chi connectivity index (χ4n) is 2.71. The van der Waals surface area contributed by atoms with Gasteiger partial charge in [0.15, 0.2) is 0 Å². The number of fused-ring (bicyclic) bond motifs is 1. The predicted octanol–water partition coefficient (Wildman–Crippen LogP) is 2.85. The van der Waals surface area contributed by atoms with Gasteiger partial charge < -0.3 is 10.1 Å². The van der Waals surface area contributed by atoms with Crippen molar-refractivity contribution >= 4 is 17.7 Å². The van der Waals surface area contributed by atoms with Crippen LogP contribution in [0.4, 0.5) is 5.69 Å². The molecular weight excluding hydrogens is 316 g/mol. The number of nitrogens with one attached hydrogen (secondary N) is 1. The highest BCUT2D eigenvalue weighted by molar-refractivity contribution is 6.01. The molecular formula is C19H16N4O2. The average molecular weight is 332 g/mol. The Morgan fingerprint density at radius 2 is 2.08 bits per heavy atom. The molecule has 1 amide bonds. The zero-order chi connectivity index (χ0) is 17.1. The van der Waals surface area contributed by atoms with Crippen molar-refractivity contribution in [3.05, 3.63) is 72.3 Å². The largest absolute Gasteiger partial charge is 0.493 e. The molecule has 6 nitrogen and oxygen atoms in total. The molecule has 0 saturated carbocycles. The molecule has 0 spiro atoms. The summed E-state index contributed by atoms with van der Waals surface area (Å²) in [5.41, 5.74) is 3.78. The summed E-state index contributed by atoms with van der Waals surface area (Å²) >= 11 is 0. The smallest absolute Gasteiger partial charge is 0.248 e. The van der Waals surface area contributed by atoms with Crippen LogP contribution in [0.2, 0.25) is 0 Å². The quantitative estimate of drug-likeness (QED) is 0.746. The molecule has 25 heavy (non-hydrogen) atoms. The van der Waals surface area contributed by atoms with E-state index in [1.807, 2.05) is 36.4 Å². The zero-order valence-corrected chi connectivity index (χ0v) is 13.4. The van der Waals surface area contributed by atoms with Gasteiger partial charge in [0, 0.05) is 18.2 Å². The number of carbonyl (C=O) groups is 1. The summed E-state index contributed by atoms with van der Waals surface area (Å²) in [6, 6.07) is 13.3. The molecule has 0 atom stereocenters. The lowest BCUT2D eigenvalue weighted by atomic mass is 10.1. The van der Waals surface area contributed by atoms with Crippen molar-refractivity contribution in [1.29, 1.82) is 0 Å². The van der Waals surface area contributed by atoms with Crippen LogP contribution in [0.1, 0.15) is 11.1 Å². The van der Waals surface area contributed by atoms with Crippen molar-refractivity contribution in [3.8, 4) is 11.4 Å². The first-order valence-corrected chi connectivity index (χ1v) is 7.98. The maximum Gasteiger partial charge on any atom is 0.248 e. The van der Waals surface area contributed by atoms with Gasteiger partial charge in [0.2, 0.25) is 5.91 Å². The molecule has 0 bridgehead atoms. The molecule has 1 N–H and O–H groups in total. The lowest BCUT2D eigenvalue weighted by Crippen LogP contribution is -2.07. The Bertz CT molecular complexity index is 915. The van der Waals surface area contributed by atoms with Crippen molar-refractivity contribution < 1.29 is 9.53 Å². The third-order valence-corrected chi connectivity index (χ3v) is 3.96. The molecule has 0 fully saturated rings. The maximum absolute atomic E-state index is 12.1. The monoisotopic (exact) mass is 332 g/mol. The van der Waals surface area contributed by atoms with E-state index in [-0.39, 0.29) is 5.91 Å². The summed E-state index contributed by atoms with van der Waals surface area (Å²) in [7, 11) is 0. The molecule has 1 aromatic heterocycles. The lowest BCUT2D eigenvalue weighted by Gasteiger charge is -2.04. The number of nitrogens with zero attached hydrogens (tertiary/aromatic N) is 3. The van der Waals surface area contributed by atoms with E-state index in [1.54, 1.807) is 17.1 Å². The first-order valence-electron chi connectivity index (χ1n) is 7.98. The van der Waals surface area contributed by atoms with Crippen LogP contribution in [0.5, 0.6) is 5.75 Å². The molecule has 0 radical (unpaired) electrons. The topological polar surface area (TPSA) is 69.0 Å². The molecule has 2 heterocycles. The van der Waals surface area contributed by atoms with Gasteiger partial charge >= 0.3 is 0 Å². The van der Waals surface area contributed by atoms with E-state index < -0.39 is 0 Å². The Balaban J connectivity index is 1.40. The molecule has 4 rings (SSSR count). The maximum atomic E-state index is 12.1. The number of anilines is 1. The van der Waals surface area contributed by atoms with Crippen LogP contribution >= 0.6 is 0 Å². The highest BCUT2D eigenvalue weighted by Gasteiger charge is 2.11. The Morgan fingerprint density at radius 1 is 1.20 bits per heavy atom. The predicted molar refractivity (Wildman–Crippen MR) is 94.7 cm³/mol. The van der Waals surface area contributed by atoms with Crippen molar-refractivity contribution in [1.82, 2.24) is 14.8 Å². The molecule has 2 aromatic carbocycles. The minimum Gasteiger partial charge on any atom is -0.493 e. The highest BCUT2D eigenvalue weighted by Crippen LogP contribution is 2.26. The fraction of sp³-hybridized carbons (Fsp3) is 0.105. The van der Waals surface area contributed by atoms with Crippen LogP contribution in [-0.2, 0) is 11.2 Å². The fourth-order valence-corrected chi connectivity index (χ4v) is 2.71. The van der Waals surface area contributed by atoms with Gasteiger partial charge in [0.05, 0.1) is 12.3 Å². The normalized spacial score (nSPS) is 12.8. The van der Waals surface area contributed by atoms with E-state index in [9.17, 15) is 4.79 Å². The highest BCUT2D eigenvalue weighted by atomic mass is 16.5. The van der Waals surface area contributed by atoms with E-state index in [0.717, 1.165) is 35.7 Å². The first kappa shape index (κ1) is 15.1. The molecule has 1 aliphatic rings. The zero-order valence-electron chi connectivity index (χ0n) is 13.4. The van der Waals surface area contributed by atoms with Gasteiger partial charge in [-0.1, -0.05) is 6.07 Å². The summed E-state index contributed by atoms with van der Waals surface area (Å²) in [4.78, 5) is 16.0. The molecule has 3 aromatic rings. The molecule has 1 aliphatic heterocycles. The second-order valence-corrected chi connectivity index (χ2v) is 5.68. The number of amides is 1. The summed E-state index contributed by atoms with van der Waals surface area (Å²) in [6.07, 6.45) is 7.35. The second kappa shape index (κ2) is 6.60. The molecule has 6 heteroatoms. The van der Waals surface area contributed by atoms with E-state index in [4.69, 9.17) is 4.74 Å². The lowest BCUT2D eigenvalue weighted by molar-refractivity contribution is -0.111. The number of ether oxygens (including phenoxy) is 1. The van der Waals surface area contributed by atoms with Crippen molar-refractivity contribution in [3.63, 3.8) is 0 Å². The second-order valence-electron chi connectivity index (χ2n) is 5.68. The van der Waals surface area contributed by atoms with Crippen LogP contribution in [0.15, 0.2) is 61.2 Å². The number of carbonyl (C=O) groups excluding carboxylic acids is 1. The number of rotatable bonds is 4. The van der Waals surface area contributed by atoms with Gasteiger partial charge in [-0.3, -0.25) is 4.79 Å². The van der Waals surface area contributed by atoms with Gasteiger partial charge in [-0.05, 0) is 53.6 Å². The average Bonchev–Trinajstić information content (AvgIpc) is 3.32. The van der Waals surface area contributed by atoms with E-state index in [1.165, 1.54) is 18.0 Å². The van der Waals surface area contributed by atoms with Crippen LogP contribution in [0.25, 0.3) is 11.8 Å². The SMILES string of the molecule is O=C(/C=C/c1ccc2c(c1)CCO2)Nc1ccc(-n2cncn2)cc1. The Labute approximate surface area is 144 Å². The van der Waals surface area contributed by atoms with Gasteiger partial charge in [0.25, 0.3) is 0 Å². The standard InChI is InChI=1S/C19H16N4O2/c24-19(8-2-14-1-7-18-15(11-14)9-10-25-18)22-16-3-5-17(6-4-16)23-13-20-12-21-23/h1-8,11-13H,9-10H2,(H,22,24)/b8-2+. The Morgan fingerprint density at radius 3 is 2.88 bits per heavy atom. The van der Waals surface area contributed by atoms with Crippen LogP contribution in [-0.4, -0.2) is 27.3 Å². The third-order valence-electron chi connectivity index (χ3n) is 3.96. The Hall–Kier alpha value is -3.41. The summed E-state index contributed by atoms with van der Waals surface area (Å²) in [5, 5.41) is 6.90. The third kappa shape index (κ3) is 3.42. The van der Waals surface area contributed by atoms with Crippen molar-refractivity contribution in [2.75, 3.05) is 11.9 Å². The van der Waals surface area contributed by atoms with Gasteiger partial charge in [0.1, 0.15) is 18.4 Å². The molecule has 0 saturated heterocycles. The summed E-state index contributed by atoms with van der Waals surface area (Å²) in [6.45, 7) is 0.730. The molecule has 124 valence electrons. The number of hydrogen-bond acceptors (Lipinski definition) is 4. The van der Waals surface area contributed by atoms with Crippen LogP contribution < -0.4 is 10.1 Å². The van der Waals surface area contributed by atoms with Crippen molar-refractivity contribution in [2.45, 2.75) is 6.42 Å². The first-order chi connectivity index (χ1) is 12.3. The van der Waals surface area contributed by atoms with Gasteiger partial charge in [-0.15, -0.1) is 0 Å². The van der Waals surface area contributed by atoms with E-state index >= 15 is 0 Å². The van der Waals surface area contributed by atoms with Gasteiger partial charge in [-0.25, -0.2) is 9.67 Å².